The third-order valence-electron chi connectivity index (χ3n) is 1.79. The maximum Gasteiger partial charge on any atom is 0.336 e. The Morgan fingerprint density at radius 2 is 2.00 bits per heavy atom. The molecule has 0 spiro atoms. The molecular weight excluding hydrogens is 168 g/mol. The van der Waals surface area contributed by atoms with Crippen molar-refractivity contribution in [2.24, 2.45) is 0 Å². The fraction of sp³-hybridized carbons (Fsp3) is 0.100. The molecule has 3 heteroatoms. The Labute approximate surface area is 76.0 Å². The third kappa shape index (κ3) is 1.69. The second-order valence-electron chi connectivity index (χ2n) is 2.75. The highest BCUT2D eigenvalue weighted by atomic mass is 16.4. The topological polar surface area (TPSA) is 57.5 Å². The maximum atomic E-state index is 10.7. The van der Waals surface area contributed by atoms with Crippen LogP contribution in [0.25, 0.3) is 5.76 Å². The second-order valence-corrected chi connectivity index (χ2v) is 2.75. The SMILES string of the molecule is C=C(O)c1c(C)cccc1C(=O)O. The van der Waals surface area contributed by atoms with Gasteiger partial charge < -0.3 is 10.2 Å². The lowest BCUT2D eigenvalue weighted by Gasteiger charge is -2.06. The highest BCUT2D eigenvalue weighted by Crippen LogP contribution is 2.19. The van der Waals surface area contributed by atoms with Crippen LogP contribution in [-0.2, 0) is 0 Å². The summed E-state index contributed by atoms with van der Waals surface area (Å²) in [5, 5.41) is 18.0. The molecule has 0 aromatic heterocycles. The maximum absolute atomic E-state index is 10.7. The van der Waals surface area contributed by atoms with Crippen LogP contribution in [0, 0.1) is 6.92 Å². The van der Waals surface area contributed by atoms with Crippen molar-refractivity contribution in [1.29, 1.82) is 0 Å². The van der Waals surface area contributed by atoms with Crippen molar-refractivity contribution in [3.63, 3.8) is 0 Å². The summed E-state index contributed by atoms with van der Waals surface area (Å²) in [4.78, 5) is 10.7. The van der Waals surface area contributed by atoms with Crippen LogP contribution >= 0.6 is 0 Å². The van der Waals surface area contributed by atoms with Gasteiger partial charge >= 0.3 is 5.97 Å². The van der Waals surface area contributed by atoms with E-state index in [0.29, 0.717) is 11.1 Å². The lowest BCUT2D eigenvalue weighted by atomic mass is 10.0. The minimum atomic E-state index is -1.06. The lowest BCUT2D eigenvalue weighted by Crippen LogP contribution is -2.03. The van der Waals surface area contributed by atoms with Gasteiger partial charge in [0.1, 0.15) is 5.76 Å². The van der Waals surface area contributed by atoms with E-state index < -0.39 is 5.97 Å². The molecule has 0 unspecified atom stereocenters. The molecule has 0 heterocycles. The number of carbonyl (C=O) groups is 1. The quantitative estimate of drug-likeness (QED) is 0.682. The number of aliphatic hydroxyl groups is 1. The predicted molar refractivity (Wildman–Crippen MR) is 49.8 cm³/mol. The molecular formula is C10H10O3. The number of rotatable bonds is 2. The molecule has 0 aliphatic carbocycles. The van der Waals surface area contributed by atoms with E-state index in [9.17, 15) is 9.90 Å². The molecule has 0 saturated heterocycles. The molecule has 1 rings (SSSR count). The molecule has 0 amide bonds. The van der Waals surface area contributed by atoms with Crippen LogP contribution < -0.4 is 0 Å². The van der Waals surface area contributed by atoms with Crippen molar-refractivity contribution >= 4 is 11.7 Å². The van der Waals surface area contributed by atoms with Crippen LogP contribution in [0.5, 0.6) is 0 Å². The van der Waals surface area contributed by atoms with Crippen LogP contribution in [-0.4, -0.2) is 16.2 Å². The van der Waals surface area contributed by atoms with Crippen molar-refractivity contribution in [1.82, 2.24) is 0 Å². The van der Waals surface area contributed by atoms with Crippen LogP contribution in [0.1, 0.15) is 21.5 Å². The van der Waals surface area contributed by atoms with Gasteiger partial charge in [-0.2, -0.15) is 0 Å². The van der Waals surface area contributed by atoms with Gasteiger partial charge in [0.2, 0.25) is 0 Å². The number of hydrogen-bond acceptors (Lipinski definition) is 2. The summed E-state index contributed by atoms with van der Waals surface area (Å²) in [6.45, 7) is 5.05. The second kappa shape index (κ2) is 3.31. The Morgan fingerprint density at radius 3 is 2.38 bits per heavy atom. The lowest BCUT2D eigenvalue weighted by molar-refractivity contribution is 0.0696. The van der Waals surface area contributed by atoms with Crippen molar-refractivity contribution < 1.29 is 15.0 Å². The molecule has 0 aliphatic rings. The van der Waals surface area contributed by atoms with Crippen LogP contribution in [0.2, 0.25) is 0 Å². The highest BCUT2D eigenvalue weighted by Gasteiger charge is 2.13. The van der Waals surface area contributed by atoms with Gasteiger partial charge in [-0.15, -0.1) is 0 Å². The normalized spacial score (nSPS) is 9.62. The van der Waals surface area contributed by atoms with Gasteiger partial charge in [0.05, 0.1) is 5.56 Å². The first kappa shape index (κ1) is 9.32. The van der Waals surface area contributed by atoms with Gasteiger partial charge in [-0.05, 0) is 18.6 Å². The number of aryl methyl sites for hydroxylation is 1. The fourth-order valence-electron chi connectivity index (χ4n) is 1.23. The zero-order valence-corrected chi connectivity index (χ0v) is 7.24. The molecule has 0 atom stereocenters. The van der Waals surface area contributed by atoms with E-state index in [0.717, 1.165) is 0 Å². The Bertz CT molecular complexity index is 366. The first-order valence-corrected chi connectivity index (χ1v) is 3.75. The molecule has 0 radical (unpaired) electrons. The first-order chi connectivity index (χ1) is 6.04. The number of aromatic carboxylic acids is 1. The van der Waals surface area contributed by atoms with E-state index >= 15 is 0 Å². The molecule has 1 aromatic carbocycles. The minimum Gasteiger partial charge on any atom is -0.508 e. The highest BCUT2D eigenvalue weighted by molar-refractivity contribution is 5.93. The molecule has 13 heavy (non-hydrogen) atoms. The van der Waals surface area contributed by atoms with Gasteiger partial charge in [0.25, 0.3) is 0 Å². The number of aliphatic hydroxyl groups excluding tert-OH is 1. The molecule has 0 saturated carbocycles. The predicted octanol–water partition coefficient (Wildman–Crippen LogP) is 2.22. The molecule has 1 aromatic rings. The molecule has 0 fully saturated rings. The Kier molecular flexibility index (Phi) is 2.37. The van der Waals surface area contributed by atoms with E-state index in [1.165, 1.54) is 6.07 Å². The van der Waals surface area contributed by atoms with E-state index in [2.05, 4.69) is 6.58 Å². The van der Waals surface area contributed by atoms with E-state index in [1.54, 1.807) is 19.1 Å². The van der Waals surface area contributed by atoms with Crippen molar-refractivity contribution in [2.75, 3.05) is 0 Å². The summed E-state index contributed by atoms with van der Waals surface area (Å²) in [5.41, 5.74) is 1.08. The van der Waals surface area contributed by atoms with E-state index in [4.69, 9.17) is 5.11 Å². The molecule has 2 N–H and O–H groups in total. The summed E-state index contributed by atoms with van der Waals surface area (Å²) < 4.78 is 0. The van der Waals surface area contributed by atoms with Gasteiger partial charge in [0, 0.05) is 5.56 Å². The van der Waals surface area contributed by atoms with Crippen LogP contribution in [0.15, 0.2) is 24.8 Å². The number of carboxylic acids is 1. The Morgan fingerprint density at radius 1 is 1.38 bits per heavy atom. The molecule has 0 bridgehead atoms. The average Bonchev–Trinajstić information content (AvgIpc) is 2.02. The van der Waals surface area contributed by atoms with Gasteiger partial charge in [-0.25, -0.2) is 4.79 Å². The smallest absolute Gasteiger partial charge is 0.336 e. The average molecular weight is 178 g/mol. The zero-order chi connectivity index (χ0) is 10.0. The molecule has 68 valence electrons. The van der Waals surface area contributed by atoms with Gasteiger partial charge in [-0.3, -0.25) is 0 Å². The molecule has 3 nitrogen and oxygen atoms in total. The summed E-state index contributed by atoms with van der Waals surface area (Å²) in [7, 11) is 0. The Hall–Kier alpha value is -1.77. The standard InChI is InChI=1S/C10H10O3/c1-6-4-3-5-8(10(12)13)9(6)7(2)11/h3-5,11H,2H2,1H3,(H,12,13). The summed E-state index contributed by atoms with van der Waals surface area (Å²) in [6, 6.07) is 4.79. The summed E-state index contributed by atoms with van der Waals surface area (Å²) in [6.07, 6.45) is 0. The van der Waals surface area contributed by atoms with E-state index in [-0.39, 0.29) is 11.3 Å². The number of hydrogen-bond donors (Lipinski definition) is 2. The van der Waals surface area contributed by atoms with E-state index in [1.807, 2.05) is 0 Å². The number of carboxylic acid groups (broad SMARTS) is 1. The van der Waals surface area contributed by atoms with Gasteiger partial charge in [-0.1, -0.05) is 18.7 Å². The number of benzene rings is 1. The largest absolute Gasteiger partial charge is 0.508 e. The fourth-order valence-corrected chi connectivity index (χ4v) is 1.23. The summed E-state index contributed by atoms with van der Waals surface area (Å²) >= 11 is 0. The van der Waals surface area contributed by atoms with Crippen molar-refractivity contribution in [3.05, 3.63) is 41.5 Å². The zero-order valence-electron chi connectivity index (χ0n) is 7.24. The van der Waals surface area contributed by atoms with Gasteiger partial charge in [0.15, 0.2) is 0 Å². The van der Waals surface area contributed by atoms with Crippen LogP contribution in [0.4, 0.5) is 0 Å². The third-order valence-corrected chi connectivity index (χ3v) is 1.79. The summed E-state index contributed by atoms with van der Waals surface area (Å²) in [5.74, 6) is -1.27. The van der Waals surface area contributed by atoms with Crippen molar-refractivity contribution in [2.45, 2.75) is 6.92 Å². The Balaban J connectivity index is 3.43. The molecule has 0 aliphatic heterocycles. The monoisotopic (exact) mass is 178 g/mol. The van der Waals surface area contributed by atoms with Crippen molar-refractivity contribution in [3.8, 4) is 0 Å². The minimum absolute atomic E-state index is 0.0764. The van der Waals surface area contributed by atoms with Crippen LogP contribution in [0.3, 0.4) is 0 Å². The first-order valence-electron chi connectivity index (χ1n) is 3.75.